The third-order valence-electron chi connectivity index (χ3n) is 2.61. The number of aryl methyl sites for hydroxylation is 2. The predicted molar refractivity (Wildman–Crippen MR) is 69.3 cm³/mol. The SMILES string of the molecule is CCCn1ccn(Cc2nc(C)cc(N)n2)c1=O. The van der Waals surface area contributed by atoms with Crippen molar-refractivity contribution in [1.82, 2.24) is 19.1 Å². The fourth-order valence-electron chi connectivity index (χ4n) is 1.86. The maximum Gasteiger partial charge on any atom is 0.328 e. The lowest BCUT2D eigenvalue weighted by Gasteiger charge is -2.03. The molecule has 2 rings (SSSR count). The average Bonchev–Trinajstić information content (AvgIpc) is 2.61. The van der Waals surface area contributed by atoms with E-state index in [9.17, 15) is 4.79 Å². The van der Waals surface area contributed by atoms with Crippen molar-refractivity contribution in [2.24, 2.45) is 0 Å². The van der Waals surface area contributed by atoms with Gasteiger partial charge in [0.1, 0.15) is 5.82 Å². The van der Waals surface area contributed by atoms with Crippen LogP contribution in [0.1, 0.15) is 24.9 Å². The van der Waals surface area contributed by atoms with Gasteiger partial charge in [0.15, 0.2) is 5.82 Å². The number of nitrogens with two attached hydrogens (primary N) is 1. The fourth-order valence-corrected chi connectivity index (χ4v) is 1.86. The summed E-state index contributed by atoms with van der Waals surface area (Å²) in [4.78, 5) is 20.4. The molecule has 0 radical (unpaired) electrons. The Morgan fingerprint density at radius 3 is 2.67 bits per heavy atom. The molecule has 0 saturated heterocycles. The van der Waals surface area contributed by atoms with E-state index in [1.807, 2.05) is 13.8 Å². The molecule has 6 heteroatoms. The third-order valence-corrected chi connectivity index (χ3v) is 2.61. The minimum Gasteiger partial charge on any atom is -0.384 e. The van der Waals surface area contributed by atoms with E-state index in [4.69, 9.17) is 5.73 Å². The van der Waals surface area contributed by atoms with E-state index >= 15 is 0 Å². The first-order chi connectivity index (χ1) is 8.60. The fraction of sp³-hybridized carbons (Fsp3) is 0.417. The van der Waals surface area contributed by atoms with Crippen LogP contribution < -0.4 is 11.4 Å². The van der Waals surface area contributed by atoms with Gasteiger partial charge in [-0.1, -0.05) is 6.92 Å². The van der Waals surface area contributed by atoms with Gasteiger partial charge in [-0.3, -0.25) is 9.13 Å². The smallest absolute Gasteiger partial charge is 0.328 e. The van der Waals surface area contributed by atoms with Crippen molar-refractivity contribution in [3.05, 3.63) is 40.5 Å². The first kappa shape index (κ1) is 12.3. The van der Waals surface area contributed by atoms with E-state index in [2.05, 4.69) is 9.97 Å². The topological polar surface area (TPSA) is 78.7 Å². The van der Waals surface area contributed by atoms with Crippen LogP contribution in [0.15, 0.2) is 23.3 Å². The van der Waals surface area contributed by atoms with E-state index in [1.165, 1.54) is 0 Å². The zero-order valence-corrected chi connectivity index (χ0v) is 10.6. The molecule has 6 nitrogen and oxygen atoms in total. The second-order valence-electron chi connectivity index (χ2n) is 4.25. The first-order valence-corrected chi connectivity index (χ1v) is 5.95. The number of anilines is 1. The predicted octanol–water partition coefficient (Wildman–Crippen LogP) is 0.789. The van der Waals surface area contributed by atoms with Gasteiger partial charge >= 0.3 is 5.69 Å². The van der Waals surface area contributed by atoms with E-state index in [0.717, 1.165) is 18.7 Å². The van der Waals surface area contributed by atoms with Crippen LogP contribution in [0.3, 0.4) is 0 Å². The Hall–Kier alpha value is -2.11. The Morgan fingerprint density at radius 2 is 2.00 bits per heavy atom. The van der Waals surface area contributed by atoms with Crippen molar-refractivity contribution >= 4 is 5.82 Å². The summed E-state index contributed by atoms with van der Waals surface area (Å²) in [5, 5.41) is 0. The van der Waals surface area contributed by atoms with Gasteiger partial charge in [-0.05, 0) is 13.3 Å². The molecule has 0 spiro atoms. The summed E-state index contributed by atoms with van der Waals surface area (Å²) in [6.45, 7) is 4.96. The monoisotopic (exact) mass is 247 g/mol. The van der Waals surface area contributed by atoms with Gasteiger partial charge in [0.05, 0.1) is 6.54 Å². The molecule has 0 aliphatic heterocycles. The van der Waals surface area contributed by atoms with Crippen LogP contribution in [-0.4, -0.2) is 19.1 Å². The Labute approximate surface area is 105 Å². The summed E-state index contributed by atoms with van der Waals surface area (Å²) >= 11 is 0. The van der Waals surface area contributed by atoms with Crippen molar-refractivity contribution in [2.75, 3.05) is 5.73 Å². The quantitative estimate of drug-likeness (QED) is 0.866. The van der Waals surface area contributed by atoms with Crippen molar-refractivity contribution in [1.29, 1.82) is 0 Å². The first-order valence-electron chi connectivity index (χ1n) is 5.95. The molecule has 2 heterocycles. The van der Waals surface area contributed by atoms with Crippen LogP contribution in [0.25, 0.3) is 0 Å². The van der Waals surface area contributed by atoms with Gasteiger partial charge in [0.25, 0.3) is 0 Å². The molecule has 2 N–H and O–H groups in total. The molecule has 2 aromatic rings. The number of hydrogen-bond acceptors (Lipinski definition) is 4. The lowest BCUT2D eigenvalue weighted by atomic mass is 10.4. The average molecular weight is 247 g/mol. The molecular formula is C12H17N5O. The number of hydrogen-bond donors (Lipinski definition) is 1. The van der Waals surface area contributed by atoms with Gasteiger partial charge in [-0.25, -0.2) is 14.8 Å². The molecule has 0 aliphatic carbocycles. The van der Waals surface area contributed by atoms with Crippen LogP contribution in [0.4, 0.5) is 5.82 Å². The van der Waals surface area contributed by atoms with Crippen LogP contribution in [-0.2, 0) is 13.1 Å². The molecular weight excluding hydrogens is 230 g/mol. The van der Waals surface area contributed by atoms with Crippen LogP contribution in [0.5, 0.6) is 0 Å². The largest absolute Gasteiger partial charge is 0.384 e. The molecule has 0 bridgehead atoms. The Balaban J connectivity index is 2.26. The van der Waals surface area contributed by atoms with Crippen molar-refractivity contribution < 1.29 is 0 Å². The van der Waals surface area contributed by atoms with Crippen molar-refractivity contribution in [3.8, 4) is 0 Å². The number of rotatable bonds is 4. The number of aromatic nitrogens is 4. The van der Waals surface area contributed by atoms with E-state index in [-0.39, 0.29) is 5.69 Å². The van der Waals surface area contributed by atoms with Gasteiger partial charge in [0, 0.05) is 30.7 Å². The molecule has 18 heavy (non-hydrogen) atoms. The maximum atomic E-state index is 12.0. The normalized spacial score (nSPS) is 10.8. The summed E-state index contributed by atoms with van der Waals surface area (Å²) in [7, 11) is 0. The highest BCUT2D eigenvalue weighted by Crippen LogP contribution is 2.03. The second-order valence-corrected chi connectivity index (χ2v) is 4.25. The standard InChI is InChI=1S/C12H17N5O/c1-3-4-16-5-6-17(12(16)18)8-11-14-9(2)7-10(13)15-11/h5-7H,3-4,8H2,1-2H3,(H2,13,14,15). The number of nitrogen functional groups attached to an aromatic ring is 1. The van der Waals surface area contributed by atoms with Crippen molar-refractivity contribution in [3.63, 3.8) is 0 Å². The number of imidazole rings is 1. The van der Waals surface area contributed by atoms with Gasteiger partial charge in [-0.15, -0.1) is 0 Å². The third kappa shape index (κ3) is 2.58. The zero-order chi connectivity index (χ0) is 13.1. The summed E-state index contributed by atoms with van der Waals surface area (Å²) in [5.41, 5.74) is 6.42. The van der Waals surface area contributed by atoms with Gasteiger partial charge < -0.3 is 5.73 Å². The Kier molecular flexibility index (Phi) is 3.45. The molecule has 0 aromatic carbocycles. The molecule has 0 fully saturated rings. The highest BCUT2D eigenvalue weighted by Gasteiger charge is 2.06. The van der Waals surface area contributed by atoms with E-state index in [0.29, 0.717) is 18.2 Å². The molecule has 0 atom stereocenters. The minimum absolute atomic E-state index is 0.0412. The summed E-state index contributed by atoms with van der Waals surface area (Å²) in [6, 6.07) is 1.70. The molecule has 2 aromatic heterocycles. The molecule has 96 valence electrons. The highest BCUT2D eigenvalue weighted by atomic mass is 16.1. The summed E-state index contributed by atoms with van der Waals surface area (Å²) in [6.07, 6.45) is 4.46. The Morgan fingerprint density at radius 1 is 1.28 bits per heavy atom. The highest BCUT2D eigenvalue weighted by molar-refractivity contribution is 5.29. The Bertz CT molecular complexity index is 579. The lowest BCUT2D eigenvalue weighted by molar-refractivity contribution is 0.616. The minimum atomic E-state index is -0.0412. The van der Waals surface area contributed by atoms with Crippen LogP contribution in [0.2, 0.25) is 0 Å². The molecule has 0 unspecified atom stereocenters. The van der Waals surface area contributed by atoms with Crippen LogP contribution >= 0.6 is 0 Å². The molecule has 0 aliphatic rings. The second kappa shape index (κ2) is 5.03. The lowest BCUT2D eigenvalue weighted by Crippen LogP contribution is -2.25. The van der Waals surface area contributed by atoms with Crippen LogP contribution in [0, 0.1) is 6.92 Å². The van der Waals surface area contributed by atoms with E-state index in [1.54, 1.807) is 27.6 Å². The molecule has 0 amide bonds. The number of nitrogens with zero attached hydrogens (tertiary/aromatic N) is 4. The van der Waals surface area contributed by atoms with Crippen molar-refractivity contribution in [2.45, 2.75) is 33.4 Å². The molecule has 0 saturated carbocycles. The van der Waals surface area contributed by atoms with E-state index < -0.39 is 0 Å². The summed E-state index contributed by atoms with van der Waals surface area (Å²) in [5.74, 6) is 0.988. The van der Waals surface area contributed by atoms with Gasteiger partial charge in [-0.2, -0.15) is 0 Å². The zero-order valence-electron chi connectivity index (χ0n) is 10.6. The maximum absolute atomic E-state index is 12.0. The van der Waals surface area contributed by atoms with Gasteiger partial charge in [0.2, 0.25) is 0 Å². The summed E-state index contributed by atoms with van der Waals surface area (Å²) < 4.78 is 3.27.